The van der Waals surface area contributed by atoms with E-state index in [0.29, 0.717) is 13.2 Å². The number of carbonyl (C=O) groups excluding carboxylic acids is 1. The molecule has 0 aromatic rings. The van der Waals surface area contributed by atoms with Crippen LogP contribution in [0.2, 0.25) is 0 Å². The smallest absolute Gasteiger partial charge is 0.236 e. The summed E-state index contributed by atoms with van der Waals surface area (Å²) < 4.78 is 4.99. The van der Waals surface area contributed by atoms with Gasteiger partial charge in [0.1, 0.15) is 0 Å². The van der Waals surface area contributed by atoms with Gasteiger partial charge >= 0.3 is 0 Å². The molecule has 1 amide bonds. The highest BCUT2D eigenvalue weighted by atomic mass is 79.9. The lowest BCUT2D eigenvalue weighted by Crippen LogP contribution is -2.43. The largest absolute Gasteiger partial charge is 0.383 e. The minimum atomic E-state index is -0.117. The fraction of sp³-hybridized carbons (Fsp3) is 0.900. The number of amides is 1. The molecule has 0 rings (SSSR count). The molecule has 2 atom stereocenters. The van der Waals surface area contributed by atoms with Gasteiger partial charge in [0, 0.05) is 19.7 Å². The quantitative estimate of drug-likeness (QED) is 0.688. The van der Waals surface area contributed by atoms with Crippen molar-refractivity contribution in [1.82, 2.24) is 4.90 Å². The Hall–Kier alpha value is -0.0900. The highest BCUT2D eigenvalue weighted by Crippen LogP contribution is 2.10. The summed E-state index contributed by atoms with van der Waals surface area (Å²) in [6, 6.07) is 0.276. The summed E-state index contributed by atoms with van der Waals surface area (Å²) in [5.74, 6) is 0.136. The number of hydrogen-bond acceptors (Lipinski definition) is 2. The van der Waals surface area contributed by atoms with E-state index >= 15 is 0 Å². The normalized spacial score (nSPS) is 14.9. The molecule has 0 N–H and O–H groups in total. The Morgan fingerprint density at radius 3 is 2.43 bits per heavy atom. The zero-order valence-electron chi connectivity index (χ0n) is 9.42. The molecular weight excluding hydrogens is 246 g/mol. The fourth-order valence-corrected chi connectivity index (χ4v) is 1.45. The highest BCUT2D eigenvalue weighted by Gasteiger charge is 2.21. The molecule has 2 unspecified atom stereocenters. The van der Waals surface area contributed by atoms with Gasteiger partial charge in [0.05, 0.1) is 11.4 Å². The third kappa shape index (κ3) is 4.42. The van der Waals surface area contributed by atoms with Crippen LogP contribution in [0.1, 0.15) is 27.2 Å². The van der Waals surface area contributed by atoms with Crippen molar-refractivity contribution in [3.8, 4) is 0 Å². The molecule has 0 aliphatic rings. The summed E-state index contributed by atoms with van der Waals surface area (Å²) in [5.41, 5.74) is 0. The van der Waals surface area contributed by atoms with Crippen LogP contribution < -0.4 is 0 Å². The summed E-state index contributed by atoms with van der Waals surface area (Å²) in [4.78, 5) is 13.5. The molecule has 0 spiro atoms. The Balaban J connectivity index is 4.30. The van der Waals surface area contributed by atoms with Gasteiger partial charge in [-0.3, -0.25) is 4.79 Å². The van der Waals surface area contributed by atoms with Crippen molar-refractivity contribution in [2.75, 3.05) is 20.3 Å². The fourth-order valence-electron chi connectivity index (χ4n) is 1.19. The molecule has 14 heavy (non-hydrogen) atoms. The molecule has 0 saturated carbocycles. The molecule has 84 valence electrons. The molecule has 3 nitrogen and oxygen atoms in total. The minimum Gasteiger partial charge on any atom is -0.383 e. The summed E-state index contributed by atoms with van der Waals surface area (Å²) in [6.07, 6.45) is 0.967. The number of methoxy groups -OCH3 is 1. The number of ether oxygens (including phenoxy) is 1. The molecule has 0 heterocycles. The lowest BCUT2D eigenvalue weighted by atomic mass is 10.2. The molecule has 0 saturated heterocycles. The molecule has 0 aromatic carbocycles. The maximum atomic E-state index is 11.8. The second-order valence-corrected chi connectivity index (χ2v) is 4.77. The third-order valence-electron chi connectivity index (χ3n) is 2.28. The number of nitrogens with zero attached hydrogens (tertiary/aromatic N) is 1. The van der Waals surface area contributed by atoms with Gasteiger partial charge in [0.2, 0.25) is 5.91 Å². The zero-order valence-corrected chi connectivity index (χ0v) is 11.0. The first kappa shape index (κ1) is 13.9. The van der Waals surface area contributed by atoms with E-state index < -0.39 is 0 Å². The average Bonchev–Trinajstić information content (AvgIpc) is 2.17. The van der Waals surface area contributed by atoms with E-state index in [1.807, 2.05) is 11.8 Å². The molecule has 4 heteroatoms. The van der Waals surface area contributed by atoms with Crippen molar-refractivity contribution in [3.63, 3.8) is 0 Å². The second kappa shape index (κ2) is 7.23. The van der Waals surface area contributed by atoms with Gasteiger partial charge in [-0.2, -0.15) is 0 Å². The van der Waals surface area contributed by atoms with Gasteiger partial charge in [-0.1, -0.05) is 22.9 Å². The summed E-state index contributed by atoms with van der Waals surface area (Å²) in [6.45, 7) is 7.25. The number of halogens is 1. The summed E-state index contributed by atoms with van der Waals surface area (Å²) >= 11 is 3.30. The van der Waals surface area contributed by atoms with Gasteiger partial charge in [0.25, 0.3) is 0 Å². The topological polar surface area (TPSA) is 29.5 Å². The van der Waals surface area contributed by atoms with E-state index in [1.54, 1.807) is 7.11 Å². The first-order chi connectivity index (χ1) is 6.54. The van der Waals surface area contributed by atoms with Gasteiger partial charge in [0.15, 0.2) is 0 Å². The van der Waals surface area contributed by atoms with Crippen LogP contribution in [0.15, 0.2) is 0 Å². The lowest BCUT2D eigenvalue weighted by molar-refractivity contribution is -0.132. The van der Waals surface area contributed by atoms with Crippen LogP contribution in [-0.2, 0) is 9.53 Å². The van der Waals surface area contributed by atoms with Gasteiger partial charge < -0.3 is 9.64 Å². The van der Waals surface area contributed by atoms with Crippen molar-refractivity contribution in [2.45, 2.75) is 38.1 Å². The maximum absolute atomic E-state index is 11.8. The van der Waals surface area contributed by atoms with E-state index in [9.17, 15) is 4.79 Å². The molecule has 0 fully saturated rings. The van der Waals surface area contributed by atoms with Crippen LogP contribution in [0.3, 0.4) is 0 Å². The number of rotatable bonds is 6. The molecular formula is C10H20BrNO2. The van der Waals surface area contributed by atoms with Crippen molar-refractivity contribution in [2.24, 2.45) is 0 Å². The number of hydrogen-bond donors (Lipinski definition) is 0. The Bertz CT molecular complexity index is 174. The summed E-state index contributed by atoms with van der Waals surface area (Å²) in [5, 5.41) is 0. The standard InChI is InChI=1S/C10H20BrNO2/c1-5-8(2)12(6-7-14-4)10(13)9(3)11/h8-9H,5-7H2,1-4H3. The number of alkyl halides is 1. The Labute approximate surface area is 94.9 Å². The molecule has 0 bridgehead atoms. The molecule has 0 aliphatic carbocycles. The predicted octanol–water partition coefficient (Wildman–Crippen LogP) is 2.04. The third-order valence-corrected chi connectivity index (χ3v) is 2.67. The lowest BCUT2D eigenvalue weighted by Gasteiger charge is -2.29. The van der Waals surface area contributed by atoms with Crippen molar-refractivity contribution >= 4 is 21.8 Å². The van der Waals surface area contributed by atoms with E-state index in [-0.39, 0.29) is 16.8 Å². The SMILES string of the molecule is CCC(C)N(CCOC)C(=O)C(C)Br. The van der Waals surface area contributed by atoms with Crippen LogP contribution in [0.25, 0.3) is 0 Å². The van der Waals surface area contributed by atoms with E-state index in [4.69, 9.17) is 4.74 Å². The molecule has 0 radical (unpaired) electrons. The van der Waals surface area contributed by atoms with Crippen LogP contribution >= 0.6 is 15.9 Å². The van der Waals surface area contributed by atoms with Crippen molar-refractivity contribution in [1.29, 1.82) is 0 Å². The second-order valence-electron chi connectivity index (χ2n) is 3.40. The van der Waals surface area contributed by atoms with Crippen LogP contribution in [0, 0.1) is 0 Å². The molecule has 0 aromatic heterocycles. The van der Waals surface area contributed by atoms with E-state index in [1.165, 1.54) is 0 Å². The van der Waals surface area contributed by atoms with Crippen LogP contribution in [0.5, 0.6) is 0 Å². The predicted molar refractivity (Wildman–Crippen MR) is 61.7 cm³/mol. The monoisotopic (exact) mass is 265 g/mol. The Morgan fingerprint density at radius 1 is 1.50 bits per heavy atom. The first-order valence-corrected chi connectivity index (χ1v) is 5.89. The zero-order chi connectivity index (χ0) is 11.1. The highest BCUT2D eigenvalue weighted by molar-refractivity contribution is 9.10. The van der Waals surface area contributed by atoms with Crippen molar-refractivity contribution in [3.05, 3.63) is 0 Å². The number of carbonyl (C=O) groups is 1. The van der Waals surface area contributed by atoms with Crippen LogP contribution in [-0.4, -0.2) is 41.9 Å². The van der Waals surface area contributed by atoms with Gasteiger partial charge in [-0.05, 0) is 20.3 Å². The molecule has 0 aliphatic heterocycles. The Morgan fingerprint density at radius 2 is 2.07 bits per heavy atom. The van der Waals surface area contributed by atoms with Gasteiger partial charge in [-0.15, -0.1) is 0 Å². The maximum Gasteiger partial charge on any atom is 0.236 e. The van der Waals surface area contributed by atoms with Crippen molar-refractivity contribution < 1.29 is 9.53 Å². The first-order valence-electron chi connectivity index (χ1n) is 4.98. The summed E-state index contributed by atoms with van der Waals surface area (Å²) in [7, 11) is 1.65. The minimum absolute atomic E-state index is 0.117. The van der Waals surface area contributed by atoms with E-state index in [0.717, 1.165) is 6.42 Å². The average molecular weight is 266 g/mol. The Kier molecular flexibility index (Phi) is 7.19. The van der Waals surface area contributed by atoms with Crippen LogP contribution in [0.4, 0.5) is 0 Å². The van der Waals surface area contributed by atoms with Gasteiger partial charge in [-0.25, -0.2) is 0 Å². The van der Waals surface area contributed by atoms with E-state index in [2.05, 4.69) is 29.8 Å².